The van der Waals surface area contributed by atoms with Crippen LogP contribution in [0.15, 0.2) is 47.4 Å². The zero-order valence-corrected chi connectivity index (χ0v) is 23.5. The summed E-state index contributed by atoms with van der Waals surface area (Å²) in [5, 5.41) is 12.2. The van der Waals surface area contributed by atoms with Gasteiger partial charge in [-0.15, -0.1) is 0 Å². The molecule has 0 aromatic heterocycles. The minimum absolute atomic E-state index is 0. The second-order valence-corrected chi connectivity index (χ2v) is 9.48. The standard InChI is InChI=1S/C25H36O5S.K/c1-2-3-4-5-6-7-8-9-10-11-12-14-21-17-19-22(20-18-21)30-23-15-13-16-24(25(23)26)31(27,28)29;/h13,15-20,26H,2-12,14H2,1H3,(H,27,28,29);/q;+1/p-1. The fraction of sp³-hybridized carbons (Fsp3) is 0.520. The van der Waals surface area contributed by atoms with E-state index in [0.717, 1.165) is 18.9 Å². The van der Waals surface area contributed by atoms with Crippen LogP contribution in [0.25, 0.3) is 0 Å². The van der Waals surface area contributed by atoms with Crippen molar-refractivity contribution < 1.29 is 74.2 Å². The number of hydrogen-bond acceptors (Lipinski definition) is 4. The summed E-state index contributed by atoms with van der Waals surface area (Å²) in [6.07, 6.45) is 15.5. The zero-order valence-electron chi connectivity index (χ0n) is 19.5. The second kappa shape index (κ2) is 16.3. The number of hydrogen-bond donors (Lipinski definition) is 1. The third-order valence-corrected chi connectivity index (χ3v) is 6.32. The molecular weight excluding hydrogens is 451 g/mol. The Morgan fingerprint density at radius 3 is 1.88 bits per heavy atom. The molecule has 0 radical (unpaired) electrons. The molecule has 0 unspecified atom stereocenters. The smallest absolute Gasteiger partial charge is 0.869 e. The van der Waals surface area contributed by atoms with Gasteiger partial charge in [0.1, 0.15) is 11.5 Å². The van der Waals surface area contributed by atoms with Crippen molar-refractivity contribution in [3.63, 3.8) is 0 Å². The van der Waals surface area contributed by atoms with Crippen molar-refractivity contribution >= 4 is 10.1 Å². The third-order valence-electron chi connectivity index (χ3n) is 5.44. The molecule has 2 aromatic carbocycles. The van der Waals surface area contributed by atoms with Gasteiger partial charge >= 0.3 is 51.4 Å². The molecule has 2 aromatic rings. The van der Waals surface area contributed by atoms with Crippen LogP contribution >= 0.6 is 0 Å². The number of aryl methyl sites for hydroxylation is 1. The van der Waals surface area contributed by atoms with E-state index in [4.69, 9.17) is 9.29 Å². The molecule has 0 saturated carbocycles. The summed E-state index contributed by atoms with van der Waals surface area (Å²) in [6.45, 7) is 2.25. The van der Waals surface area contributed by atoms with Crippen molar-refractivity contribution in [2.45, 2.75) is 88.9 Å². The average molecular weight is 487 g/mol. The number of para-hydroxylation sites is 1. The molecule has 0 aliphatic rings. The van der Waals surface area contributed by atoms with E-state index < -0.39 is 20.8 Å². The summed E-state index contributed by atoms with van der Waals surface area (Å²) >= 11 is 0. The van der Waals surface area contributed by atoms with Crippen molar-refractivity contribution in [1.82, 2.24) is 0 Å². The summed E-state index contributed by atoms with van der Waals surface area (Å²) in [7, 11) is -4.57. The van der Waals surface area contributed by atoms with E-state index in [1.165, 1.54) is 81.9 Å². The molecule has 0 aliphatic heterocycles. The van der Waals surface area contributed by atoms with Crippen LogP contribution in [0, 0.1) is 0 Å². The van der Waals surface area contributed by atoms with Crippen LogP contribution in [-0.2, 0) is 16.5 Å². The Morgan fingerprint density at radius 1 is 0.812 bits per heavy atom. The van der Waals surface area contributed by atoms with Gasteiger partial charge in [0.05, 0.1) is 4.90 Å². The third kappa shape index (κ3) is 11.1. The first-order chi connectivity index (χ1) is 14.9. The van der Waals surface area contributed by atoms with E-state index in [1.807, 2.05) is 12.1 Å². The van der Waals surface area contributed by atoms with E-state index in [2.05, 4.69) is 6.92 Å². The number of unbranched alkanes of at least 4 members (excludes halogenated alkanes) is 10. The van der Waals surface area contributed by atoms with E-state index in [9.17, 15) is 13.5 Å². The number of ether oxygens (including phenoxy) is 1. The van der Waals surface area contributed by atoms with Crippen LogP contribution in [-0.4, -0.2) is 13.0 Å². The minimum Gasteiger partial charge on any atom is -0.869 e. The van der Waals surface area contributed by atoms with Gasteiger partial charge in [0.2, 0.25) is 0 Å². The quantitative estimate of drug-likeness (QED) is 0.236. The molecule has 0 atom stereocenters. The van der Waals surface area contributed by atoms with Gasteiger partial charge in [-0.3, -0.25) is 4.55 Å². The molecular formula is C25H35KO5S. The van der Waals surface area contributed by atoms with Crippen LogP contribution in [0.4, 0.5) is 0 Å². The molecule has 0 bridgehead atoms. The summed E-state index contributed by atoms with van der Waals surface area (Å²) in [6, 6.07) is 11.3. The molecule has 0 aliphatic carbocycles. The Bertz CT molecular complexity index is 882. The van der Waals surface area contributed by atoms with Gasteiger partial charge in [-0.2, -0.15) is 8.42 Å². The molecule has 32 heavy (non-hydrogen) atoms. The first-order valence-electron chi connectivity index (χ1n) is 11.5. The predicted molar refractivity (Wildman–Crippen MR) is 122 cm³/mol. The average Bonchev–Trinajstić information content (AvgIpc) is 2.74. The van der Waals surface area contributed by atoms with E-state index >= 15 is 0 Å². The molecule has 0 spiro atoms. The van der Waals surface area contributed by atoms with Crippen LogP contribution in [0.1, 0.15) is 83.1 Å². The van der Waals surface area contributed by atoms with Gasteiger partial charge in [0, 0.05) is 0 Å². The van der Waals surface area contributed by atoms with Gasteiger partial charge in [-0.1, -0.05) is 89.3 Å². The number of benzene rings is 2. The van der Waals surface area contributed by atoms with Crippen LogP contribution < -0.4 is 61.2 Å². The summed E-state index contributed by atoms with van der Waals surface area (Å²) < 4.78 is 37.1. The molecule has 7 heteroatoms. The van der Waals surface area contributed by atoms with Crippen molar-refractivity contribution in [1.29, 1.82) is 0 Å². The molecule has 172 valence electrons. The summed E-state index contributed by atoms with van der Waals surface area (Å²) in [4.78, 5) is -0.682. The SMILES string of the molecule is CCCCCCCCCCCCCc1ccc(Oc2cccc(S(=O)(=O)O)c2[O-])cc1.[K+]. The predicted octanol–water partition coefficient (Wildman–Crippen LogP) is 3.66. The van der Waals surface area contributed by atoms with Crippen LogP contribution in [0.2, 0.25) is 0 Å². The zero-order chi connectivity index (χ0) is 22.5. The van der Waals surface area contributed by atoms with Gasteiger partial charge in [0.25, 0.3) is 10.1 Å². The molecule has 0 amide bonds. The first-order valence-corrected chi connectivity index (χ1v) is 12.9. The molecule has 1 N–H and O–H groups in total. The van der Waals surface area contributed by atoms with E-state index in [-0.39, 0.29) is 57.1 Å². The Morgan fingerprint density at radius 2 is 1.34 bits per heavy atom. The maximum atomic E-state index is 12.2. The Hall–Kier alpha value is -0.414. The fourth-order valence-corrected chi connectivity index (χ4v) is 4.21. The second-order valence-electron chi connectivity index (χ2n) is 8.09. The van der Waals surface area contributed by atoms with Gasteiger partial charge in [0.15, 0.2) is 0 Å². The fourth-order valence-electron chi connectivity index (χ4n) is 3.62. The van der Waals surface area contributed by atoms with Gasteiger partial charge < -0.3 is 9.84 Å². The molecule has 5 nitrogen and oxygen atoms in total. The Kier molecular flexibility index (Phi) is 15.0. The molecule has 0 saturated heterocycles. The maximum absolute atomic E-state index is 12.2. The normalized spacial score (nSPS) is 11.2. The minimum atomic E-state index is -4.57. The molecule has 0 heterocycles. The van der Waals surface area contributed by atoms with Crippen LogP contribution in [0.5, 0.6) is 17.2 Å². The first kappa shape index (κ1) is 29.6. The van der Waals surface area contributed by atoms with Crippen molar-refractivity contribution in [3.8, 4) is 17.2 Å². The number of rotatable bonds is 15. The van der Waals surface area contributed by atoms with Crippen molar-refractivity contribution in [3.05, 3.63) is 48.0 Å². The van der Waals surface area contributed by atoms with E-state index in [1.54, 1.807) is 12.1 Å². The van der Waals surface area contributed by atoms with Crippen molar-refractivity contribution in [2.75, 3.05) is 0 Å². The summed E-state index contributed by atoms with van der Waals surface area (Å²) in [5.41, 5.74) is 1.21. The van der Waals surface area contributed by atoms with Gasteiger partial charge in [-0.25, -0.2) is 0 Å². The van der Waals surface area contributed by atoms with Crippen molar-refractivity contribution in [2.24, 2.45) is 0 Å². The molecule has 0 fully saturated rings. The largest absolute Gasteiger partial charge is 1.00 e. The molecule has 2 rings (SSSR count). The van der Waals surface area contributed by atoms with E-state index in [0.29, 0.717) is 5.75 Å². The summed E-state index contributed by atoms with van der Waals surface area (Å²) in [5.74, 6) is -0.532. The van der Waals surface area contributed by atoms with Crippen LogP contribution in [0.3, 0.4) is 0 Å². The monoisotopic (exact) mass is 486 g/mol. The maximum Gasteiger partial charge on any atom is 1.00 e. The Labute approximate surface area is 236 Å². The van der Waals surface area contributed by atoms with Gasteiger partial charge in [-0.05, 0) is 48.4 Å². The Balaban J connectivity index is 0.00000512. The topological polar surface area (TPSA) is 86.7 Å².